The third kappa shape index (κ3) is 7.59. The molecule has 0 aliphatic rings. The fraction of sp³-hybridized carbons (Fsp3) is 0.900. The summed E-state index contributed by atoms with van der Waals surface area (Å²) in [6, 6.07) is 0. The molecule has 0 aliphatic heterocycles. The number of esters is 1. The molecular weight excluding hydrogens is 258 g/mol. The van der Waals surface area contributed by atoms with Crippen LogP contribution in [0.1, 0.15) is 12.8 Å². The molecule has 0 aromatic heterocycles. The standard InChI is InChI=1S/C10H23N3O4S/c1-12(2)8-5-7-11-18(15,16)13(3)9-6-10(14)17-4/h11H,5-9H2,1-4H3. The first-order valence-corrected chi connectivity index (χ1v) is 7.16. The lowest BCUT2D eigenvalue weighted by Gasteiger charge is -2.17. The first-order chi connectivity index (χ1) is 8.29. The molecule has 0 saturated heterocycles. The van der Waals surface area contributed by atoms with Gasteiger partial charge in [-0.25, -0.2) is 4.72 Å². The van der Waals surface area contributed by atoms with Gasteiger partial charge in [-0.2, -0.15) is 12.7 Å². The summed E-state index contributed by atoms with van der Waals surface area (Å²) in [6.07, 6.45) is 0.780. The minimum absolute atomic E-state index is 0.0472. The van der Waals surface area contributed by atoms with Crippen molar-refractivity contribution in [1.29, 1.82) is 0 Å². The Morgan fingerprint density at radius 3 is 2.33 bits per heavy atom. The van der Waals surface area contributed by atoms with Crippen LogP contribution in [0.25, 0.3) is 0 Å². The van der Waals surface area contributed by atoms with Gasteiger partial charge in [-0.3, -0.25) is 4.79 Å². The van der Waals surface area contributed by atoms with Crippen molar-refractivity contribution in [3.05, 3.63) is 0 Å². The molecule has 0 spiro atoms. The van der Waals surface area contributed by atoms with Gasteiger partial charge in [0, 0.05) is 20.1 Å². The van der Waals surface area contributed by atoms with Gasteiger partial charge in [0.25, 0.3) is 10.2 Å². The first-order valence-electron chi connectivity index (χ1n) is 5.72. The van der Waals surface area contributed by atoms with Crippen LogP contribution in [0.15, 0.2) is 0 Å². The highest BCUT2D eigenvalue weighted by Crippen LogP contribution is 1.97. The lowest BCUT2D eigenvalue weighted by atomic mass is 10.4. The van der Waals surface area contributed by atoms with Gasteiger partial charge in [0.05, 0.1) is 13.5 Å². The minimum atomic E-state index is -3.51. The fourth-order valence-corrected chi connectivity index (χ4v) is 2.13. The Kier molecular flexibility index (Phi) is 8.08. The molecule has 0 radical (unpaired) electrons. The average molecular weight is 281 g/mol. The molecule has 8 heteroatoms. The normalized spacial score (nSPS) is 12.1. The van der Waals surface area contributed by atoms with Crippen molar-refractivity contribution >= 4 is 16.2 Å². The van der Waals surface area contributed by atoms with Crippen LogP contribution in [0.2, 0.25) is 0 Å². The van der Waals surface area contributed by atoms with Crippen LogP contribution in [-0.2, 0) is 19.7 Å². The number of methoxy groups -OCH3 is 1. The molecule has 108 valence electrons. The van der Waals surface area contributed by atoms with E-state index in [4.69, 9.17) is 0 Å². The molecule has 0 heterocycles. The zero-order valence-corrected chi connectivity index (χ0v) is 12.3. The topological polar surface area (TPSA) is 78.9 Å². The van der Waals surface area contributed by atoms with E-state index in [0.29, 0.717) is 6.54 Å². The summed E-state index contributed by atoms with van der Waals surface area (Å²) < 4.78 is 31.5. The molecule has 0 bridgehead atoms. The maximum atomic E-state index is 11.7. The molecule has 0 amide bonds. The van der Waals surface area contributed by atoms with E-state index in [0.717, 1.165) is 17.3 Å². The zero-order valence-electron chi connectivity index (χ0n) is 11.5. The summed E-state index contributed by atoms with van der Waals surface area (Å²) in [5.41, 5.74) is 0. The monoisotopic (exact) mass is 281 g/mol. The van der Waals surface area contributed by atoms with Crippen LogP contribution in [0, 0.1) is 0 Å². The van der Waals surface area contributed by atoms with Crippen molar-refractivity contribution in [3.8, 4) is 0 Å². The van der Waals surface area contributed by atoms with Gasteiger partial charge in [-0.1, -0.05) is 0 Å². The quantitative estimate of drug-likeness (QED) is 0.445. The Hall–Kier alpha value is -0.700. The van der Waals surface area contributed by atoms with E-state index in [2.05, 4.69) is 9.46 Å². The molecule has 0 atom stereocenters. The molecule has 0 aromatic rings. The molecule has 0 saturated carbocycles. The summed E-state index contributed by atoms with van der Waals surface area (Å²) >= 11 is 0. The zero-order chi connectivity index (χ0) is 14.2. The van der Waals surface area contributed by atoms with Crippen molar-refractivity contribution in [1.82, 2.24) is 13.9 Å². The predicted molar refractivity (Wildman–Crippen MR) is 69.4 cm³/mol. The van der Waals surface area contributed by atoms with Gasteiger partial charge >= 0.3 is 5.97 Å². The molecular formula is C10H23N3O4S. The van der Waals surface area contributed by atoms with Crippen molar-refractivity contribution in [2.24, 2.45) is 0 Å². The minimum Gasteiger partial charge on any atom is -0.469 e. The number of hydrogen-bond acceptors (Lipinski definition) is 5. The molecule has 0 unspecified atom stereocenters. The molecule has 0 rings (SSSR count). The number of carbonyl (C=O) groups excluding carboxylic acids is 1. The van der Waals surface area contributed by atoms with Crippen molar-refractivity contribution in [3.63, 3.8) is 0 Å². The fourth-order valence-electron chi connectivity index (χ4n) is 1.18. The number of hydrogen-bond donors (Lipinski definition) is 1. The van der Waals surface area contributed by atoms with E-state index >= 15 is 0 Å². The van der Waals surface area contributed by atoms with Crippen LogP contribution in [0.4, 0.5) is 0 Å². The first kappa shape index (κ1) is 17.3. The average Bonchev–Trinajstić information content (AvgIpc) is 2.30. The Labute approximate surface area is 109 Å². The summed E-state index contributed by atoms with van der Waals surface area (Å²) in [6.45, 7) is 1.30. The smallest absolute Gasteiger partial charge is 0.306 e. The van der Waals surface area contributed by atoms with Gasteiger partial charge in [0.2, 0.25) is 0 Å². The summed E-state index contributed by atoms with van der Waals surface area (Å²) in [7, 11) is 3.05. The van der Waals surface area contributed by atoms with E-state index in [9.17, 15) is 13.2 Å². The second-order valence-corrected chi connectivity index (χ2v) is 6.07. The number of rotatable bonds is 9. The summed E-state index contributed by atoms with van der Waals surface area (Å²) in [4.78, 5) is 12.9. The lowest BCUT2D eigenvalue weighted by Crippen LogP contribution is -2.40. The number of nitrogens with zero attached hydrogens (tertiary/aromatic N) is 2. The van der Waals surface area contributed by atoms with E-state index in [1.807, 2.05) is 19.0 Å². The van der Waals surface area contributed by atoms with Gasteiger partial charge < -0.3 is 9.64 Å². The largest absolute Gasteiger partial charge is 0.469 e. The molecule has 18 heavy (non-hydrogen) atoms. The van der Waals surface area contributed by atoms with Gasteiger partial charge in [0.1, 0.15) is 0 Å². The Morgan fingerprint density at radius 1 is 1.22 bits per heavy atom. The van der Waals surface area contributed by atoms with E-state index < -0.39 is 16.2 Å². The maximum Gasteiger partial charge on any atom is 0.306 e. The van der Waals surface area contributed by atoms with Gasteiger partial charge in [0.15, 0.2) is 0 Å². The van der Waals surface area contributed by atoms with E-state index in [1.54, 1.807) is 0 Å². The van der Waals surface area contributed by atoms with Crippen molar-refractivity contribution in [2.45, 2.75) is 12.8 Å². The third-order valence-corrected chi connectivity index (χ3v) is 3.91. The molecule has 0 aliphatic carbocycles. The molecule has 7 nitrogen and oxygen atoms in total. The Morgan fingerprint density at radius 2 is 1.83 bits per heavy atom. The van der Waals surface area contributed by atoms with Crippen molar-refractivity contribution in [2.75, 3.05) is 47.9 Å². The highest BCUT2D eigenvalue weighted by atomic mass is 32.2. The highest BCUT2D eigenvalue weighted by molar-refractivity contribution is 7.87. The predicted octanol–water partition coefficient (Wildman–Crippen LogP) is -0.733. The van der Waals surface area contributed by atoms with Crippen LogP contribution in [-0.4, -0.2) is 71.5 Å². The van der Waals surface area contributed by atoms with Crippen LogP contribution in [0.3, 0.4) is 0 Å². The number of carbonyl (C=O) groups is 1. The maximum absolute atomic E-state index is 11.7. The van der Waals surface area contributed by atoms with Crippen LogP contribution in [0.5, 0.6) is 0 Å². The van der Waals surface area contributed by atoms with Crippen LogP contribution < -0.4 is 4.72 Å². The second kappa shape index (κ2) is 8.41. The van der Waals surface area contributed by atoms with Crippen LogP contribution >= 0.6 is 0 Å². The van der Waals surface area contributed by atoms with Gasteiger partial charge in [-0.15, -0.1) is 0 Å². The third-order valence-electron chi connectivity index (χ3n) is 2.34. The SMILES string of the molecule is COC(=O)CCN(C)S(=O)(=O)NCCCN(C)C. The number of ether oxygens (including phenoxy) is 1. The van der Waals surface area contributed by atoms with E-state index in [-0.39, 0.29) is 13.0 Å². The Balaban J connectivity index is 4.00. The second-order valence-electron chi connectivity index (χ2n) is 4.20. The number of nitrogens with one attached hydrogen (secondary N) is 1. The van der Waals surface area contributed by atoms with E-state index in [1.165, 1.54) is 14.2 Å². The summed E-state index contributed by atoms with van der Waals surface area (Å²) in [5.74, 6) is -0.426. The van der Waals surface area contributed by atoms with Gasteiger partial charge in [-0.05, 0) is 27.1 Å². The molecule has 1 N–H and O–H groups in total. The molecule has 0 fully saturated rings. The summed E-state index contributed by atoms with van der Waals surface area (Å²) in [5, 5.41) is 0. The molecule has 0 aromatic carbocycles. The lowest BCUT2D eigenvalue weighted by molar-refractivity contribution is -0.140. The Bertz CT molecular complexity index is 343. The van der Waals surface area contributed by atoms with Crippen molar-refractivity contribution < 1.29 is 17.9 Å². The highest BCUT2D eigenvalue weighted by Gasteiger charge is 2.17.